The van der Waals surface area contributed by atoms with Crippen molar-refractivity contribution in [1.82, 2.24) is 14.8 Å². The van der Waals surface area contributed by atoms with Crippen molar-refractivity contribution in [3.63, 3.8) is 0 Å². The third-order valence-corrected chi connectivity index (χ3v) is 5.07. The van der Waals surface area contributed by atoms with Crippen LogP contribution in [0.4, 0.5) is 0 Å². The molecule has 2 aromatic rings. The summed E-state index contributed by atoms with van der Waals surface area (Å²) in [6, 6.07) is 10.4. The van der Waals surface area contributed by atoms with Crippen molar-refractivity contribution in [2.24, 2.45) is 0 Å². The quantitative estimate of drug-likeness (QED) is 0.862. The highest BCUT2D eigenvalue weighted by Crippen LogP contribution is 2.38. The summed E-state index contributed by atoms with van der Waals surface area (Å²) in [5.74, 6) is 0.867. The maximum atomic E-state index is 12.7. The van der Waals surface area contributed by atoms with E-state index in [1.807, 2.05) is 44.2 Å². The van der Waals surface area contributed by atoms with Gasteiger partial charge in [0.1, 0.15) is 5.82 Å². The Morgan fingerprint density at radius 2 is 1.95 bits per heavy atom. The highest BCUT2D eigenvalue weighted by atomic mass is 32.2. The molecule has 0 radical (unpaired) electrons. The molecule has 1 aromatic carbocycles. The lowest BCUT2D eigenvalue weighted by Gasteiger charge is -2.12. The molecule has 19 heavy (non-hydrogen) atoms. The second kappa shape index (κ2) is 4.89. The van der Waals surface area contributed by atoms with Gasteiger partial charge in [-0.3, -0.25) is 4.21 Å². The highest BCUT2D eigenvalue weighted by Gasteiger charge is 2.31. The molecule has 1 heterocycles. The van der Waals surface area contributed by atoms with Crippen molar-refractivity contribution in [2.75, 3.05) is 0 Å². The monoisotopic (exact) mass is 275 g/mol. The molecule has 0 amide bonds. The zero-order chi connectivity index (χ0) is 13.4. The molecule has 4 nitrogen and oxygen atoms in total. The number of aryl methyl sites for hydroxylation is 1. The van der Waals surface area contributed by atoms with Crippen LogP contribution in [0.5, 0.6) is 0 Å². The smallest absolute Gasteiger partial charge is 0.222 e. The molecular formula is C14H17N3OS. The van der Waals surface area contributed by atoms with E-state index in [-0.39, 0.29) is 5.25 Å². The van der Waals surface area contributed by atoms with E-state index in [4.69, 9.17) is 0 Å². The van der Waals surface area contributed by atoms with Gasteiger partial charge in [-0.2, -0.15) is 0 Å². The minimum atomic E-state index is -1.16. The molecule has 1 aliphatic carbocycles. The van der Waals surface area contributed by atoms with Gasteiger partial charge in [-0.15, -0.1) is 10.2 Å². The Balaban J connectivity index is 1.92. The molecule has 2 atom stereocenters. The Bertz CT molecular complexity index is 604. The highest BCUT2D eigenvalue weighted by molar-refractivity contribution is 7.85. The molecule has 0 spiro atoms. The van der Waals surface area contributed by atoms with Gasteiger partial charge < -0.3 is 4.57 Å². The molecule has 0 N–H and O–H groups in total. The summed E-state index contributed by atoms with van der Waals surface area (Å²) in [6.45, 7) is 3.91. The van der Waals surface area contributed by atoms with E-state index >= 15 is 0 Å². The number of rotatable bonds is 4. The molecule has 3 rings (SSSR count). The van der Waals surface area contributed by atoms with E-state index in [9.17, 15) is 4.21 Å². The zero-order valence-corrected chi connectivity index (χ0v) is 11.9. The fraction of sp³-hybridized carbons (Fsp3) is 0.429. The Kier molecular flexibility index (Phi) is 3.22. The average molecular weight is 275 g/mol. The first-order valence-electron chi connectivity index (χ1n) is 6.55. The van der Waals surface area contributed by atoms with Gasteiger partial charge in [-0.25, -0.2) is 0 Å². The van der Waals surface area contributed by atoms with E-state index in [1.165, 1.54) is 0 Å². The molecule has 1 fully saturated rings. The predicted octanol–water partition coefficient (Wildman–Crippen LogP) is 2.79. The Hall–Kier alpha value is -1.49. The first-order chi connectivity index (χ1) is 9.18. The van der Waals surface area contributed by atoms with Crippen molar-refractivity contribution in [3.8, 4) is 0 Å². The minimum absolute atomic E-state index is 0.0673. The van der Waals surface area contributed by atoms with Crippen molar-refractivity contribution < 1.29 is 4.21 Å². The van der Waals surface area contributed by atoms with Crippen LogP contribution in [0, 0.1) is 6.92 Å². The van der Waals surface area contributed by atoms with E-state index in [0.29, 0.717) is 11.2 Å². The number of aromatic nitrogens is 3. The fourth-order valence-corrected chi connectivity index (χ4v) is 3.56. The standard InChI is InChI=1S/C14H17N3OS/c1-10(12-6-4-3-5-7-12)19(18)14-16-15-11(2)17(14)13-8-9-13/h3-7,10,13H,8-9H2,1-2H3/t10-,19-/m1/s1. The van der Waals surface area contributed by atoms with Crippen molar-refractivity contribution in [1.29, 1.82) is 0 Å². The van der Waals surface area contributed by atoms with E-state index in [1.54, 1.807) is 0 Å². The number of benzene rings is 1. The predicted molar refractivity (Wildman–Crippen MR) is 74.3 cm³/mol. The third kappa shape index (κ3) is 2.34. The molecule has 5 heteroatoms. The molecule has 0 unspecified atom stereocenters. The van der Waals surface area contributed by atoms with Gasteiger partial charge in [0.05, 0.1) is 16.0 Å². The first kappa shape index (κ1) is 12.5. The summed E-state index contributed by atoms with van der Waals surface area (Å²) in [7, 11) is -1.16. The Labute approximate surface area is 115 Å². The molecule has 1 saturated carbocycles. The number of hydrogen-bond acceptors (Lipinski definition) is 3. The first-order valence-corrected chi connectivity index (χ1v) is 7.77. The van der Waals surface area contributed by atoms with Crippen LogP contribution in [-0.2, 0) is 10.8 Å². The second-order valence-electron chi connectivity index (χ2n) is 4.98. The van der Waals surface area contributed by atoms with Gasteiger partial charge >= 0.3 is 0 Å². The van der Waals surface area contributed by atoms with Gasteiger partial charge in [0.2, 0.25) is 5.16 Å². The van der Waals surface area contributed by atoms with Crippen LogP contribution in [-0.4, -0.2) is 19.0 Å². The summed E-state index contributed by atoms with van der Waals surface area (Å²) >= 11 is 0. The summed E-state index contributed by atoms with van der Waals surface area (Å²) in [6.07, 6.45) is 2.28. The van der Waals surface area contributed by atoms with Crippen LogP contribution < -0.4 is 0 Å². The van der Waals surface area contributed by atoms with Crippen LogP contribution in [0.2, 0.25) is 0 Å². The Morgan fingerprint density at radius 1 is 1.26 bits per heavy atom. The van der Waals surface area contributed by atoms with Crippen LogP contribution in [0.25, 0.3) is 0 Å². The zero-order valence-electron chi connectivity index (χ0n) is 11.1. The molecule has 0 bridgehead atoms. The van der Waals surface area contributed by atoms with Crippen LogP contribution in [0.1, 0.15) is 42.4 Å². The van der Waals surface area contributed by atoms with Gasteiger partial charge in [0.25, 0.3) is 0 Å². The second-order valence-corrected chi connectivity index (χ2v) is 6.65. The number of nitrogens with zero attached hydrogens (tertiary/aromatic N) is 3. The lowest BCUT2D eigenvalue weighted by atomic mass is 10.2. The van der Waals surface area contributed by atoms with E-state index < -0.39 is 10.8 Å². The largest absolute Gasteiger partial charge is 0.301 e. The summed E-state index contributed by atoms with van der Waals surface area (Å²) < 4.78 is 14.8. The van der Waals surface area contributed by atoms with Crippen LogP contribution in [0.3, 0.4) is 0 Å². The molecule has 0 saturated heterocycles. The van der Waals surface area contributed by atoms with Gasteiger partial charge in [0.15, 0.2) is 0 Å². The third-order valence-electron chi connectivity index (χ3n) is 3.52. The molecular weight excluding hydrogens is 258 g/mol. The lowest BCUT2D eigenvalue weighted by molar-refractivity contribution is 0.613. The summed E-state index contributed by atoms with van der Waals surface area (Å²) in [5.41, 5.74) is 1.07. The fourth-order valence-electron chi connectivity index (χ4n) is 2.25. The van der Waals surface area contributed by atoms with Crippen molar-refractivity contribution >= 4 is 10.8 Å². The summed E-state index contributed by atoms with van der Waals surface area (Å²) in [4.78, 5) is 0. The molecule has 100 valence electrons. The lowest BCUT2D eigenvalue weighted by Crippen LogP contribution is -2.10. The SMILES string of the molecule is Cc1nnc([S@](=O)[C@H](C)c2ccccc2)n1C1CC1. The number of hydrogen-bond donors (Lipinski definition) is 0. The van der Waals surface area contributed by atoms with Crippen molar-refractivity contribution in [3.05, 3.63) is 41.7 Å². The maximum Gasteiger partial charge on any atom is 0.222 e. The van der Waals surface area contributed by atoms with Gasteiger partial charge in [-0.05, 0) is 32.3 Å². The van der Waals surface area contributed by atoms with Crippen molar-refractivity contribution in [2.45, 2.75) is 43.1 Å². The van der Waals surface area contributed by atoms with E-state index in [2.05, 4.69) is 14.8 Å². The van der Waals surface area contributed by atoms with Gasteiger partial charge in [-0.1, -0.05) is 30.3 Å². The molecule has 0 aliphatic heterocycles. The summed E-state index contributed by atoms with van der Waals surface area (Å²) in [5, 5.41) is 8.79. The topological polar surface area (TPSA) is 47.8 Å². The van der Waals surface area contributed by atoms with Crippen LogP contribution in [0.15, 0.2) is 35.5 Å². The maximum absolute atomic E-state index is 12.7. The Morgan fingerprint density at radius 3 is 2.58 bits per heavy atom. The molecule has 1 aromatic heterocycles. The van der Waals surface area contributed by atoms with Crippen LogP contribution >= 0.6 is 0 Å². The normalized spacial score (nSPS) is 18.2. The van der Waals surface area contributed by atoms with E-state index in [0.717, 1.165) is 24.2 Å². The molecule has 1 aliphatic rings. The average Bonchev–Trinajstić information content (AvgIpc) is 3.21. The van der Waals surface area contributed by atoms with Gasteiger partial charge in [0, 0.05) is 6.04 Å². The minimum Gasteiger partial charge on any atom is -0.301 e.